The third-order valence-electron chi connectivity index (χ3n) is 3.34. The molecule has 0 bridgehead atoms. The number of nitrogens with zero attached hydrogens (tertiary/aromatic N) is 1. The van der Waals surface area contributed by atoms with Crippen molar-refractivity contribution in [3.8, 4) is 11.8 Å². The van der Waals surface area contributed by atoms with Gasteiger partial charge in [-0.15, -0.1) is 0 Å². The van der Waals surface area contributed by atoms with Crippen LogP contribution in [0.1, 0.15) is 41.3 Å². The van der Waals surface area contributed by atoms with E-state index in [-0.39, 0.29) is 0 Å². The molecule has 0 N–H and O–H groups in total. The van der Waals surface area contributed by atoms with Crippen LogP contribution in [0.3, 0.4) is 0 Å². The standard InChI is InChI=1S/C20H21NS/c1-5-6-7-18(13-20-17(4)14-22-21-20)10-11-19-12-15(2)8-9-16(19)3/h6-9,12-14H,5H2,1-4H3/b7-6+,18-13+. The molecule has 0 fully saturated rings. The molecule has 2 rings (SSSR count). The minimum absolute atomic E-state index is 0.997. The molecule has 1 aromatic heterocycles. The number of allylic oxidation sites excluding steroid dienone is 3. The molecule has 0 unspecified atom stereocenters. The first-order chi connectivity index (χ1) is 10.6. The summed E-state index contributed by atoms with van der Waals surface area (Å²) in [6, 6.07) is 6.37. The van der Waals surface area contributed by atoms with E-state index in [1.165, 1.54) is 28.2 Å². The van der Waals surface area contributed by atoms with Crippen LogP contribution in [0.4, 0.5) is 0 Å². The van der Waals surface area contributed by atoms with Crippen molar-refractivity contribution >= 4 is 17.6 Å². The summed E-state index contributed by atoms with van der Waals surface area (Å²) in [6.45, 7) is 8.39. The second-order valence-electron chi connectivity index (χ2n) is 5.36. The van der Waals surface area contributed by atoms with Crippen molar-refractivity contribution in [2.24, 2.45) is 0 Å². The summed E-state index contributed by atoms with van der Waals surface area (Å²) in [5.74, 6) is 6.59. The maximum absolute atomic E-state index is 4.41. The maximum Gasteiger partial charge on any atom is 0.0809 e. The number of hydrogen-bond donors (Lipinski definition) is 0. The van der Waals surface area contributed by atoms with Crippen LogP contribution in [-0.4, -0.2) is 4.37 Å². The molecule has 0 saturated heterocycles. The fraction of sp³-hybridized carbons (Fsp3) is 0.250. The lowest BCUT2D eigenvalue weighted by Gasteiger charge is -1.99. The summed E-state index contributed by atoms with van der Waals surface area (Å²) in [4.78, 5) is 0. The number of benzene rings is 1. The number of aryl methyl sites for hydroxylation is 3. The molecule has 2 heteroatoms. The zero-order chi connectivity index (χ0) is 15.9. The molecule has 1 heterocycles. The van der Waals surface area contributed by atoms with Gasteiger partial charge in [-0.1, -0.05) is 43.0 Å². The van der Waals surface area contributed by atoms with Crippen molar-refractivity contribution in [3.05, 3.63) is 69.3 Å². The summed E-state index contributed by atoms with van der Waals surface area (Å²) >= 11 is 1.48. The van der Waals surface area contributed by atoms with Gasteiger partial charge in [-0.25, -0.2) is 0 Å². The highest BCUT2D eigenvalue weighted by Crippen LogP contribution is 2.14. The van der Waals surface area contributed by atoms with E-state index in [1.807, 2.05) is 0 Å². The Hall–Kier alpha value is -2.11. The summed E-state index contributed by atoms with van der Waals surface area (Å²) in [6.07, 6.45) is 7.27. The van der Waals surface area contributed by atoms with Crippen LogP contribution in [0.25, 0.3) is 6.08 Å². The molecular formula is C20H21NS. The van der Waals surface area contributed by atoms with Gasteiger partial charge in [0.05, 0.1) is 5.69 Å². The average Bonchev–Trinajstić information content (AvgIpc) is 2.90. The summed E-state index contributed by atoms with van der Waals surface area (Å²) < 4.78 is 4.41. The van der Waals surface area contributed by atoms with Crippen molar-refractivity contribution in [1.29, 1.82) is 0 Å². The van der Waals surface area contributed by atoms with Gasteiger partial charge in [0, 0.05) is 16.5 Å². The number of rotatable bonds is 3. The highest BCUT2D eigenvalue weighted by atomic mass is 32.1. The normalized spacial score (nSPS) is 11.5. The van der Waals surface area contributed by atoms with Gasteiger partial charge in [-0.05, 0) is 67.6 Å². The van der Waals surface area contributed by atoms with E-state index >= 15 is 0 Å². The van der Waals surface area contributed by atoms with Crippen LogP contribution < -0.4 is 0 Å². The maximum atomic E-state index is 4.41. The van der Waals surface area contributed by atoms with E-state index in [1.54, 1.807) is 0 Å². The summed E-state index contributed by atoms with van der Waals surface area (Å²) in [5.41, 5.74) is 6.74. The molecule has 22 heavy (non-hydrogen) atoms. The Morgan fingerprint density at radius 3 is 2.73 bits per heavy atom. The molecule has 1 nitrogen and oxygen atoms in total. The largest absolute Gasteiger partial charge is 0.193 e. The Labute approximate surface area is 137 Å². The first kappa shape index (κ1) is 16.3. The second kappa shape index (κ2) is 7.77. The second-order valence-corrected chi connectivity index (χ2v) is 5.99. The third kappa shape index (κ3) is 4.44. The van der Waals surface area contributed by atoms with E-state index in [9.17, 15) is 0 Å². The van der Waals surface area contributed by atoms with Crippen molar-refractivity contribution in [3.63, 3.8) is 0 Å². The Balaban J connectivity index is 2.38. The van der Waals surface area contributed by atoms with Gasteiger partial charge in [0.1, 0.15) is 0 Å². The Morgan fingerprint density at radius 2 is 2.05 bits per heavy atom. The quantitative estimate of drug-likeness (QED) is 0.541. The SMILES string of the molecule is CC/C=C/C(C#Cc1cc(C)ccc1C)=C\c1nscc1C. The Bertz CT molecular complexity index is 766. The van der Waals surface area contributed by atoms with Gasteiger partial charge in [0.25, 0.3) is 0 Å². The highest BCUT2D eigenvalue weighted by molar-refractivity contribution is 7.03. The Kier molecular flexibility index (Phi) is 5.75. The summed E-state index contributed by atoms with van der Waals surface area (Å²) in [5, 5.41) is 2.06. The summed E-state index contributed by atoms with van der Waals surface area (Å²) in [7, 11) is 0. The van der Waals surface area contributed by atoms with Gasteiger partial charge in [-0.3, -0.25) is 0 Å². The van der Waals surface area contributed by atoms with Crippen LogP contribution in [0.2, 0.25) is 0 Å². The van der Waals surface area contributed by atoms with Crippen molar-refractivity contribution in [2.75, 3.05) is 0 Å². The zero-order valence-corrected chi connectivity index (χ0v) is 14.4. The van der Waals surface area contributed by atoms with Crippen LogP contribution in [0, 0.1) is 32.6 Å². The molecule has 0 aliphatic rings. The fourth-order valence-electron chi connectivity index (χ4n) is 1.96. The van der Waals surface area contributed by atoms with Crippen molar-refractivity contribution in [1.82, 2.24) is 4.37 Å². The lowest BCUT2D eigenvalue weighted by Crippen LogP contribution is -1.84. The van der Waals surface area contributed by atoms with Crippen LogP contribution in [0.5, 0.6) is 0 Å². The molecule has 0 spiro atoms. The molecule has 1 aromatic carbocycles. The molecule has 0 aliphatic carbocycles. The van der Waals surface area contributed by atoms with Gasteiger partial charge < -0.3 is 0 Å². The topological polar surface area (TPSA) is 12.9 Å². The molecule has 112 valence electrons. The fourth-order valence-corrected chi connectivity index (χ4v) is 2.60. The molecule has 0 aliphatic heterocycles. The van der Waals surface area contributed by atoms with Crippen molar-refractivity contribution in [2.45, 2.75) is 34.1 Å². The van der Waals surface area contributed by atoms with E-state index in [0.29, 0.717) is 0 Å². The molecule has 2 aromatic rings. The smallest absolute Gasteiger partial charge is 0.0809 e. The molecule has 0 atom stereocenters. The van der Waals surface area contributed by atoms with E-state index in [0.717, 1.165) is 23.3 Å². The van der Waals surface area contributed by atoms with Gasteiger partial charge in [-0.2, -0.15) is 4.37 Å². The number of hydrogen-bond acceptors (Lipinski definition) is 2. The van der Waals surface area contributed by atoms with Gasteiger partial charge in [0.2, 0.25) is 0 Å². The van der Waals surface area contributed by atoms with Gasteiger partial charge >= 0.3 is 0 Å². The van der Waals surface area contributed by atoms with Crippen LogP contribution in [0.15, 0.2) is 41.3 Å². The van der Waals surface area contributed by atoms with Gasteiger partial charge in [0.15, 0.2) is 0 Å². The molecular weight excluding hydrogens is 286 g/mol. The predicted molar refractivity (Wildman–Crippen MR) is 97.1 cm³/mol. The molecule has 0 saturated carbocycles. The monoisotopic (exact) mass is 307 g/mol. The van der Waals surface area contributed by atoms with Crippen LogP contribution in [-0.2, 0) is 0 Å². The van der Waals surface area contributed by atoms with Crippen molar-refractivity contribution < 1.29 is 0 Å². The minimum Gasteiger partial charge on any atom is -0.193 e. The Morgan fingerprint density at radius 1 is 1.23 bits per heavy atom. The minimum atomic E-state index is 0.997. The van der Waals surface area contributed by atoms with E-state index in [4.69, 9.17) is 0 Å². The highest BCUT2D eigenvalue weighted by Gasteiger charge is 1.99. The molecule has 0 amide bonds. The third-order valence-corrected chi connectivity index (χ3v) is 4.11. The predicted octanol–water partition coefficient (Wildman–Crippen LogP) is 5.47. The first-order valence-electron chi connectivity index (χ1n) is 7.48. The number of aromatic nitrogens is 1. The van der Waals surface area contributed by atoms with E-state index < -0.39 is 0 Å². The lowest BCUT2D eigenvalue weighted by atomic mass is 10.1. The lowest BCUT2D eigenvalue weighted by molar-refractivity contribution is 1.22. The zero-order valence-electron chi connectivity index (χ0n) is 13.6. The molecule has 0 radical (unpaired) electrons. The van der Waals surface area contributed by atoms with E-state index in [2.05, 4.69) is 85.7 Å². The van der Waals surface area contributed by atoms with Crippen LogP contribution >= 0.6 is 11.5 Å². The first-order valence-corrected chi connectivity index (χ1v) is 8.32. The average molecular weight is 307 g/mol.